The molecule has 0 amide bonds. The summed E-state index contributed by atoms with van der Waals surface area (Å²) in [5.41, 5.74) is 0. The van der Waals surface area contributed by atoms with Crippen molar-refractivity contribution in [2.24, 2.45) is 0 Å². The van der Waals surface area contributed by atoms with Crippen LogP contribution < -0.4 is 0 Å². The van der Waals surface area contributed by atoms with E-state index < -0.39 is 0 Å². The monoisotopic (exact) mass is 186 g/mol. The molecule has 1 heterocycles. The molecule has 0 aliphatic carbocycles. The van der Waals surface area contributed by atoms with E-state index in [-0.39, 0.29) is 0 Å². The molecule has 0 aliphatic rings. The second-order valence-corrected chi connectivity index (χ2v) is 3.16. The zero-order chi connectivity index (χ0) is 8.81. The Bertz CT molecular complexity index is 220. The van der Waals surface area contributed by atoms with E-state index in [4.69, 9.17) is 11.6 Å². The van der Waals surface area contributed by atoms with Gasteiger partial charge in [0.1, 0.15) is 5.82 Å². The number of hydrogen-bond donors (Lipinski definition) is 0. The van der Waals surface area contributed by atoms with Crippen molar-refractivity contribution in [3.63, 3.8) is 0 Å². The van der Waals surface area contributed by atoms with Gasteiger partial charge in [0.15, 0.2) is 0 Å². The first-order chi connectivity index (χ1) is 5.88. The lowest BCUT2D eigenvalue weighted by atomic mass is 10.3. The molecule has 0 aliphatic heterocycles. The number of unbranched alkanes of at least 4 members (excludes halogenated alkanes) is 1. The van der Waals surface area contributed by atoms with Crippen LogP contribution in [0.4, 0.5) is 0 Å². The SMILES string of the molecule is CCc1nccn1CCCCCl. The van der Waals surface area contributed by atoms with E-state index in [1.807, 2.05) is 12.4 Å². The highest BCUT2D eigenvalue weighted by Crippen LogP contribution is 2.02. The largest absolute Gasteiger partial charge is 0.335 e. The minimum Gasteiger partial charge on any atom is -0.335 e. The molecule has 1 aromatic rings. The number of rotatable bonds is 5. The maximum Gasteiger partial charge on any atom is 0.108 e. The van der Waals surface area contributed by atoms with Crippen molar-refractivity contribution in [3.05, 3.63) is 18.2 Å². The first-order valence-corrected chi connectivity index (χ1v) is 4.98. The van der Waals surface area contributed by atoms with Crippen molar-refractivity contribution < 1.29 is 0 Å². The second-order valence-electron chi connectivity index (χ2n) is 2.79. The topological polar surface area (TPSA) is 17.8 Å². The van der Waals surface area contributed by atoms with Gasteiger partial charge in [0.2, 0.25) is 0 Å². The lowest BCUT2D eigenvalue weighted by Gasteiger charge is -2.04. The first-order valence-electron chi connectivity index (χ1n) is 4.44. The number of hydrogen-bond acceptors (Lipinski definition) is 1. The smallest absolute Gasteiger partial charge is 0.108 e. The van der Waals surface area contributed by atoms with Crippen LogP contribution in [0, 0.1) is 0 Å². The van der Waals surface area contributed by atoms with Crippen LogP contribution in [-0.2, 0) is 13.0 Å². The summed E-state index contributed by atoms with van der Waals surface area (Å²) < 4.78 is 2.20. The third-order valence-corrected chi connectivity index (χ3v) is 2.17. The van der Waals surface area contributed by atoms with E-state index >= 15 is 0 Å². The van der Waals surface area contributed by atoms with E-state index in [0.29, 0.717) is 0 Å². The molecule has 0 bridgehead atoms. The fourth-order valence-electron chi connectivity index (χ4n) is 1.23. The standard InChI is InChI=1S/C9H15ClN2/c1-2-9-11-6-8-12(9)7-4-3-5-10/h6,8H,2-5,7H2,1H3. The van der Waals surface area contributed by atoms with Crippen molar-refractivity contribution in [1.82, 2.24) is 9.55 Å². The number of alkyl halides is 1. The number of halogens is 1. The van der Waals surface area contributed by atoms with Gasteiger partial charge in [-0.15, -0.1) is 11.6 Å². The average Bonchev–Trinajstić information content (AvgIpc) is 2.52. The van der Waals surface area contributed by atoms with E-state index in [2.05, 4.69) is 16.5 Å². The highest BCUT2D eigenvalue weighted by Gasteiger charge is 1.98. The second kappa shape index (κ2) is 5.20. The van der Waals surface area contributed by atoms with Gasteiger partial charge in [-0.1, -0.05) is 6.92 Å². The molecule has 0 saturated carbocycles. The molecular weight excluding hydrogens is 172 g/mol. The Morgan fingerprint density at radius 2 is 2.33 bits per heavy atom. The van der Waals surface area contributed by atoms with Crippen molar-refractivity contribution in [2.45, 2.75) is 32.7 Å². The summed E-state index contributed by atoms with van der Waals surface area (Å²) in [7, 11) is 0. The molecule has 1 rings (SSSR count). The summed E-state index contributed by atoms with van der Waals surface area (Å²) in [6.07, 6.45) is 7.14. The van der Waals surface area contributed by atoms with Gasteiger partial charge < -0.3 is 4.57 Å². The van der Waals surface area contributed by atoms with E-state index in [1.165, 1.54) is 5.82 Å². The summed E-state index contributed by atoms with van der Waals surface area (Å²) in [6.45, 7) is 3.18. The third kappa shape index (κ3) is 2.52. The van der Waals surface area contributed by atoms with Crippen LogP contribution in [0.15, 0.2) is 12.4 Å². The van der Waals surface area contributed by atoms with E-state index in [0.717, 1.165) is 31.7 Å². The van der Waals surface area contributed by atoms with Crippen LogP contribution in [0.25, 0.3) is 0 Å². The molecule has 0 aromatic carbocycles. The van der Waals surface area contributed by atoms with Crippen molar-refractivity contribution in [1.29, 1.82) is 0 Å². The number of aryl methyl sites for hydroxylation is 2. The first kappa shape index (κ1) is 9.59. The Morgan fingerprint density at radius 3 is 3.00 bits per heavy atom. The molecule has 0 atom stereocenters. The molecule has 0 radical (unpaired) electrons. The van der Waals surface area contributed by atoms with Gasteiger partial charge in [-0.05, 0) is 12.8 Å². The van der Waals surface area contributed by atoms with Crippen molar-refractivity contribution >= 4 is 11.6 Å². The molecule has 12 heavy (non-hydrogen) atoms. The molecule has 0 N–H and O–H groups in total. The lowest BCUT2D eigenvalue weighted by molar-refractivity contribution is 0.607. The minimum absolute atomic E-state index is 0.760. The lowest BCUT2D eigenvalue weighted by Crippen LogP contribution is -2.02. The van der Waals surface area contributed by atoms with Gasteiger partial charge in [0.25, 0.3) is 0 Å². The summed E-state index contributed by atoms with van der Waals surface area (Å²) in [5.74, 6) is 1.93. The van der Waals surface area contributed by atoms with Crippen LogP contribution in [0.3, 0.4) is 0 Å². The summed E-state index contributed by atoms with van der Waals surface area (Å²) >= 11 is 5.59. The van der Waals surface area contributed by atoms with Crippen LogP contribution >= 0.6 is 11.6 Å². The highest BCUT2D eigenvalue weighted by molar-refractivity contribution is 6.17. The fraction of sp³-hybridized carbons (Fsp3) is 0.667. The molecule has 3 heteroatoms. The number of nitrogens with zero attached hydrogens (tertiary/aromatic N) is 2. The zero-order valence-corrected chi connectivity index (χ0v) is 8.22. The molecule has 2 nitrogen and oxygen atoms in total. The molecule has 1 aromatic heterocycles. The normalized spacial score (nSPS) is 10.5. The highest BCUT2D eigenvalue weighted by atomic mass is 35.5. The van der Waals surface area contributed by atoms with Crippen LogP contribution in [0.1, 0.15) is 25.6 Å². The fourth-order valence-corrected chi connectivity index (χ4v) is 1.42. The predicted molar refractivity (Wildman–Crippen MR) is 51.6 cm³/mol. The molecule has 68 valence electrons. The van der Waals surface area contributed by atoms with E-state index in [1.54, 1.807) is 0 Å². The molecular formula is C9H15ClN2. The molecule has 0 spiro atoms. The summed E-state index contributed by atoms with van der Waals surface area (Å²) in [6, 6.07) is 0. The van der Waals surface area contributed by atoms with E-state index in [9.17, 15) is 0 Å². The average molecular weight is 187 g/mol. The van der Waals surface area contributed by atoms with Crippen LogP contribution in [0.2, 0.25) is 0 Å². The molecule has 0 saturated heterocycles. The van der Waals surface area contributed by atoms with Gasteiger partial charge in [-0.3, -0.25) is 0 Å². The number of imidazole rings is 1. The van der Waals surface area contributed by atoms with Crippen molar-refractivity contribution in [2.75, 3.05) is 5.88 Å². The Hall–Kier alpha value is -0.500. The Morgan fingerprint density at radius 1 is 1.50 bits per heavy atom. The quantitative estimate of drug-likeness (QED) is 0.510. The Kier molecular flexibility index (Phi) is 4.15. The van der Waals surface area contributed by atoms with Gasteiger partial charge in [0, 0.05) is 31.2 Å². The predicted octanol–water partition coefficient (Wildman–Crippen LogP) is 2.46. The minimum atomic E-state index is 0.760. The zero-order valence-electron chi connectivity index (χ0n) is 7.46. The van der Waals surface area contributed by atoms with Crippen LogP contribution in [0.5, 0.6) is 0 Å². The van der Waals surface area contributed by atoms with Crippen LogP contribution in [-0.4, -0.2) is 15.4 Å². The molecule has 0 unspecified atom stereocenters. The maximum absolute atomic E-state index is 5.59. The van der Waals surface area contributed by atoms with Gasteiger partial charge in [0.05, 0.1) is 0 Å². The van der Waals surface area contributed by atoms with Crippen molar-refractivity contribution in [3.8, 4) is 0 Å². The Labute approximate surface area is 78.6 Å². The van der Waals surface area contributed by atoms with Gasteiger partial charge in [-0.25, -0.2) is 4.98 Å². The Balaban J connectivity index is 2.39. The molecule has 0 fully saturated rings. The summed E-state index contributed by atoms with van der Waals surface area (Å²) in [5, 5.41) is 0. The number of aromatic nitrogens is 2. The third-order valence-electron chi connectivity index (χ3n) is 1.90. The summed E-state index contributed by atoms with van der Waals surface area (Å²) in [4.78, 5) is 4.24. The van der Waals surface area contributed by atoms with Gasteiger partial charge >= 0.3 is 0 Å². The van der Waals surface area contributed by atoms with Gasteiger partial charge in [-0.2, -0.15) is 0 Å². The maximum atomic E-state index is 5.59.